The van der Waals surface area contributed by atoms with E-state index in [2.05, 4.69) is 16.3 Å². The van der Waals surface area contributed by atoms with E-state index in [0.29, 0.717) is 36.4 Å². The van der Waals surface area contributed by atoms with Crippen molar-refractivity contribution in [2.24, 2.45) is 23.2 Å². The van der Waals surface area contributed by atoms with Crippen molar-refractivity contribution in [2.45, 2.75) is 61.7 Å². The maximum absolute atomic E-state index is 13.4. The number of nitrogens with one attached hydrogen (secondary N) is 1. The van der Waals surface area contributed by atoms with E-state index < -0.39 is 11.0 Å². The third-order valence-electron chi connectivity index (χ3n) is 10.4. The van der Waals surface area contributed by atoms with E-state index in [1.807, 2.05) is 30.3 Å². The Morgan fingerprint density at radius 2 is 2.03 bits per heavy atom. The molecule has 5 aliphatic carbocycles. The molecule has 1 saturated heterocycles. The number of aromatic hydroxyl groups is 1. The molecule has 3 N–H and O–H groups in total. The summed E-state index contributed by atoms with van der Waals surface area (Å²) in [6.45, 7) is 1.53. The zero-order chi connectivity index (χ0) is 23.0. The first-order chi connectivity index (χ1) is 16.4. The van der Waals surface area contributed by atoms with Gasteiger partial charge in [0.25, 0.3) is 0 Å². The van der Waals surface area contributed by atoms with Crippen LogP contribution in [0.5, 0.6) is 5.75 Å². The van der Waals surface area contributed by atoms with Crippen LogP contribution in [0.1, 0.15) is 42.4 Å². The van der Waals surface area contributed by atoms with Gasteiger partial charge in [-0.2, -0.15) is 0 Å². The number of nitrogens with zero attached hydrogens (tertiary/aromatic N) is 1. The minimum absolute atomic E-state index is 0.0154. The van der Waals surface area contributed by atoms with Gasteiger partial charge in [0.05, 0.1) is 5.60 Å². The van der Waals surface area contributed by atoms with Gasteiger partial charge >= 0.3 is 0 Å². The molecule has 5 nitrogen and oxygen atoms in total. The van der Waals surface area contributed by atoms with E-state index in [0.717, 1.165) is 30.0 Å². The second-order valence-electron chi connectivity index (χ2n) is 11.9. The number of likely N-dealkylation sites (tertiary alicyclic amines) is 1. The Kier molecular flexibility index (Phi) is 3.66. The molecule has 34 heavy (non-hydrogen) atoms. The number of hydrogen-bond acceptors (Lipinski definition) is 4. The van der Waals surface area contributed by atoms with Gasteiger partial charge in [-0.25, -0.2) is 0 Å². The number of aliphatic hydroxyl groups is 1. The summed E-state index contributed by atoms with van der Waals surface area (Å²) in [6, 6.07) is 14.0. The summed E-state index contributed by atoms with van der Waals surface area (Å²) in [4.78, 5) is 16.0. The van der Waals surface area contributed by atoms with Crippen LogP contribution in [0.2, 0.25) is 5.02 Å². The molecule has 4 saturated carbocycles. The number of carbonyl (C=O) groups excluding carboxylic acids is 1. The number of phenols is 1. The van der Waals surface area contributed by atoms with Gasteiger partial charge in [0.1, 0.15) is 5.75 Å². The molecule has 0 aromatic heterocycles. The van der Waals surface area contributed by atoms with Crippen molar-refractivity contribution in [3.05, 3.63) is 64.2 Å². The van der Waals surface area contributed by atoms with Crippen LogP contribution in [-0.4, -0.2) is 45.2 Å². The monoisotopic (exact) mass is 476 g/mol. The number of carbonyl (C=O) groups is 1. The van der Waals surface area contributed by atoms with E-state index in [1.165, 1.54) is 18.4 Å². The molecule has 8 rings (SSSR count). The van der Waals surface area contributed by atoms with Gasteiger partial charge < -0.3 is 15.5 Å². The van der Waals surface area contributed by atoms with Gasteiger partial charge in [-0.1, -0.05) is 29.8 Å². The average Bonchev–Trinajstić information content (AvgIpc) is 3.67. The summed E-state index contributed by atoms with van der Waals surface area (Å²) in [7, 11) is 0. The highest BCUT2D eigenvalue weighted by Crippen LogP contribution is 2.89. The molecule has 7 atom stereocenters. The summed E-state index contributed by atoms with van der Waals surface area (Å²) in [6.07, 6.45) is 4.78. The van der Waals surface area contributed by atoms with Crippen molar-refractivity contribution in [1.82, 2.24) is 10.2 Å². The highest BCUT2D eigenvalue weighted by atomic mass is 35.5. The molecule has 2 aromatic rings. The van der Waals surface area contributed by atoms with Crippen LogP contribution in [0.15, 0.2) is 42.5 Å². The van der Waals surface area contributed by atoms with Gasteiger partial charge in [-0.15, -0.1) is 0 Å². The number of piperidine rings is 1. The van der Waals surface area contributed by atoms with E-state index in [1.54, 1.807) is 6.07 Å². The number of halogens is 1. The Bertz CT molecular complexity index is 1260. The quantitative estimate of drug-likeness (QED) is 0.618. The Labute approximate surface area is 204 Å². The summed E-state index contributed by atoms with van der Waals surface area (Å²) < 4.78 is 0. The Balaban J connectivity index is 1.15. The van der Waals surface area contributed by atoms with E-state index in [-0.39, 0.29) is 29.0 Å². The van der Waals surface area contributed by atoms with Crippen molar-refractivity contribution in [3.8, 4) is 5.75 Å². The molecule has 2 spiro atoms. The van der Waals surface area contributed by atoms with Crippen LogP contribution in [0.4, 0.5) is 0 Å². The highest BCUT2D eigenvalue weighted by Gasteiger charge is 2.98. The molecule has 0 radical (unpaired) electrons. The lowest BCUT2D eigenvalue weighted by Crippen LogP contribution is -2.70. The second kappa shape index (κ2) is 6.18. The van der Waals surface area contributed by atoms with Crippen LogP contribution in [0.3, 0.4) is 0 Å². The third kappa shape index (κ3) is 2.19. The zero-order valence-electron chi connectivity index (χ0n) is 19.0. The molecule has 2 aromatic carbocycles. The summed E-state index contributed by atoms with van der Waals surface area (Å²) >= 11 is 6.11. The predicted octanol–water partition coefficient (Wildman–Crippen LogP) is 3.39. The molecule has 1 heterocycles. The highest BCUT2D eigenvalue weighted by molar-refractivity contribution is 6.30. The molecular formula is C28H29ClN2O3. The Hall–Kier alpha value is -2.08. The van der Waals surface area contributed by atoms with Crippen LogP contribution < -0.4 is 5.32 Å². The molecule has 1 amide bonds. The van der Waals surface area contributed by atoms with Gasteiger partial charge in [0, 0.05) is 46.9 Å². The second-order valence-corrected chi connectivity index (χ2v) is 12.4. The first-order valence-corrected chi connectivity index (χ1v) is 13.1. The fourth-order valence-electron chi connectivity index (χ4n) is 9.32. The van der Waals surface area contributed by atoms with Crippen molar-refractivity contribution < 1.29 is 15.0 Å². The summed E-state index contributed by atoms with van der Waals surface area (Å²) in [5.74, 6) is 1.21. The smallest absolute Gasteiger partial charge is 0.223 e. The summed E-state index contributed by atoms with van der Waals surface area (Å²) in [5.41, 5.74) is 2.18. The minimum Gasteiger partial charge on any atom is -0.508 e. The largest absolute Gasteiger partial charge is 0.508 e. The summed E-state index contributed by atoms with van der Waals surface area (Å²) in [5, 5.41) is 26.7. The normalized spacial score (nSPS) is 42.4. The Morgan fingerprint density at radius 3 is 2.82 bits per heavy atom. The van der Waals surface area contributed by atoms with Crippen LogP contribution in [0, 0.1) is 23.2 Å². The lowest BCUT2D eigenvalue weighted by Gasteiger charge is -2.56. The maximum Gasteiger partial charge on any atom is 0.223 e. The molecule has 176 valence electrons. The van der Waals surface area contributed by atoms with Gasteiger partial charge in [0.2, 0.25) is 5.91 Å². The van der Waals surface area contributed by atoms with Crippen molar-refractivity contribution >= 4 is 17.5 Å². The lowest BCUT2D eigenvalue weighted by molar-refractivity contribution is -0.151. The van der Waals surface area contributed by atoms with Crippen LogP contribution in [-0.2, 0) is 23.2 Å². The Morgan fingerprint density at radius 1 is 1.18 bits per heavy atom. The fraction of sp³-hybridized carbons (Fsp3) is 0.536. The standard InChI is InChI=1S/C28H29ClN2O3/c29-19-3-1-2-16(8-19)13-30-24(33)18-11-27-21-9-20(32)7-6-17(21)10-26-22(27)23(26)31(14-15-4-5-15)25(26)28(27,34)12-18/h1-3,6-9,15,18,22-23,25,32,34H,4-5,10-14H2,(H,30,33)/t18-,22?,23?,25-,26?,27-,28-/m1/s1. The average molecular weight is 477 g/mol. The first-order valence-electron chi connectivity index (χ1n) is 12.7. The van der Waals surface area contributed by atoms with E-state index in [9.17, 15) is 15.0 Å². The van der Waals surface area contributed by atoms with Crippen LogP contribution >= 0.6 is 11.6 Å². The maximum atomic E-state index is 13.4. The zero-order valence-corrected chi connectivity index (χ0v) is 19.8. The van der Waals surface area contributed by atoms with Crippen molar-refractivity contribution in [3.63, 3.8) is 0 Å². The lowest BCUT2D eigenvalue weighted by atomic mass is 9.63. The van der Waals surface area contributed by atoms with Gasteiger partial charge in [-0.3, -0.25) is 9.69 Å². The molecule has 3 unspecified atom stereocenters. The SMILES string of the molecule is O=C(NCc1cccc(Cl)c1)[C@H]1C[C@@]2(O)[C@@H]3N(CC4CC4)C4C5C43Cc3ccc(O)cc3[C@]52C1. The van der Waals surface area contributed by atoms with Crippen molar-refractivity contribution in [1.29, 1.82) is 0 Å². The topological polar surface area (TPSA) is 72.8 Å². The fourth-order valence-corrected chi connectivity index (χ4v) is 9.53. The minimum atomic E-state index is -0.918. The third-order valence-corrected chi connectivity index (χ3v) is 10.6. The number of rotatable bonds is 5. The number of fused-ring (bicyclic) bond motifs is 2. The van der Waals surface area contributed by atoms with E-state index in [4.69, 9.17) is 11.6 Å². The molecule has 1 aliphatic heterocycles. The molecule has 2 bridgehead atoms. The van der Waals surface area contributed by atoms with Gasteiger partial charge in [0.15, 0.2) is 0 Å². The number of phenolic OH excluding ortho intramolecular Hbond substituents is 1. The molecule has 5 fully saturated rings. The number of hydrogen-bond donors (Lipinski definition) is 3. The molecule has 6 aliphatic rings. The predicted molar refractivity (Wildman–Crippen MR) is 127 cm³/mol. The van der Waals surface area contributed by atoms with Crippen LogP contribution in [0.25, 0.3) is 0 Å². The van der Waals surface area contributed by atoms with E-state index >= 15 is 0 Å². The first kappa shape index (κ1) is 20.1. The number of amides is 1. The van der Waals surface area contributed by atoms with Crippen molar-refractivity contribution in [2.75, 3.05) is 6.54 Å². The molecule has 6 heteroatoms. The number of benzene rings is 2. The molecular weight excluding hydrogens is 448 g/mol. The van der Waals surface area contributed by atoms with Gasteiger partial charge in [-0.05, 0) is 84.9 Å².